The number of oxazole rings is 1. The third-order valence-electron chi connectivity index (χ3n) is 6.33. The minimum Gasteiger partial charge on any atom is -0.407 e. The topological polar surface area (TPSA) is 175 Å². The molecule has 0 saturated carbocycles. The minimum atomic E-state index is -5.39. The summed E-state index contributed by atoms with van der Waals surface area (Å²) in [5.74, 6) is -5.70. The van der Waals surface area contributed by atoms with Crippen LogP contribution in [0.4, 0.5) is 18.9 Å². The van der Waals surface area contributed by atoms with Crippen LogP contribution in [-0.4, -0.2) is 46.5 Å². The number of nitrogens with zero attached hydrogens (tertiary/aromatic N) is 2. The number of aromatic nitrogens is 2. The zero-order valence-corrected chi connectivity index (χ0v) is 22.8. The molecular formula is C29H29F3N6O5. The van der Waals surface area contributed by atoms with E-state index < -0.39 is 47.7 Å². The van der Waals surface area contributed by atoms with E-state index in [0.29, 0.717) is 30.3 Å². The molecule has 6 N–H and O–H groups in total. The molecule has 0 spiro atoms. The van der Waals surface area contributed by atoms with Crippen molar-refractivity contribution in [2.45, 2.75) is 43.9 Å². The van der Waals surface area contributed by atoms with Crippen LogP contribution in [0, 0.1) is 0 Å². The summed E-state index contributed by atoms with van der Waals surface area (Å²) in [7, 11) is 0. The van der Waals surface area contributed by atoms with Crippen LogP contribution in [0.15, 0.2) is 71.3 Å². The van der Waals surface area contributed by atoms with Gasteiger partial charge in [-0.1, -0.05) is 48.5 Å². The molecule has 0 fully saturated rings. The van der Waals surface area contributed by atoms with Crippen LogP contribution in [0.5, 0.6) is 5.95 Å². The maximum Gasteiger partial charge on any atom is 0.491 e. The molecule has 2 amide bonds. The largest absolute Gasteiger partial charge is 0.491 e. The van der Waals surface area contributed by atoms with Crippen LogP contribution in [-0.2, 0) is 16.0 Å². The number of alkyl halides is 3. The smallest absolute Gasteiger partial charge is 0.407 e. The fourth-order valence-corrected chi connectivity index (χ4v) is 4.12. The van der Waals surface area contributed by atoms with Crippen molar-refractivity contribution < 1.29 is 36.7 Å². The van der Waals surface area contributed by atoms with Gasteiger partial charge in [-0.25, -0.2) is 9.78 Å². The van der Waals surface area contributed by atoms with Crippen molar-refractivity contribution in [3.05, 3.63) is 84.0 Å². The molecule has 0 radical (unpaired) electrons. The lowest BCUT2D eigenvalue weighted by Gasteiger charge is -2.18. The average molecular weight is 599 g/mol. The Morgan fingerprint density at radius 2 is 1.74 bits per heavy atom. The Hall–Kier alpha value is -4.82. The molecule has 0 unspecified atom stereocenters. The number of aryl methyl sites for hydroxylation is 1. The van der Waals surface area contributed by atoms with Crippen molar-refractivity contribution >= 4 is 34.4 Å². The van der Waals surface area contributed by atoms with Crippen LogP contribution < -0.4 is 26.8 Å². The van der Waals surface area contributed by atoms with E-state index in [9.17, 15) is 27.6 Å². The molecule has 2 aromatic carbocycles. The van der Waals surface area contributed by atoms with Gasteiger partial charge in [-0.3, -0.25) is 14.6 Å². The molecule has 11 nitrogen and oxygen atoms in total. The van der Waals surface area contributed by atoms with E-state index in [4.69, 9.17) is 15.9 Å². The second-order valence-electron chi connectivity index (χ2n) is 9.57. The second-order valence-corrected chi connectivity index (χ2v) is 9.57. The van der Waals surface area contributed by atoms with Crippen molar-refractivity contribution in [1.29, 1.82) is 0 Å². The number of anilines is 1. The maximum absolute atomic E-state index is 13.2. The lowest BCUT2D eigenvalue weighted by Crippen LogP contribution is -2.42. The molecule has 0 aliphatic carbocycles. The van der Waals surface area contributed by atoms with Crippen molar-refractivity contribution in [1.82, 2.24) is 15.3 Å². The highest BCUT2D eigenvalue weighted by molar-refractivity contribution is 6.05. The van der Waals surface area contributed by atoms with E-state index in [0.717, 1.165) is 5.56 Å². The first-order valence-electron chi connectivity index (χ1n) is 13.3. The fourth-order valence-electron chi connectivity index (χ4n) is 4.12. The predicted molar refractivity (Wildman–Crippen MR) is 150 cm³/mol. The van der Waals surface area contributed by atoms with Gasteiger partial charge in [0.25, 0.3) is 5.91 Å². The van der Waals surface area contributed by atoms with Crippen LogP contribution in [0.3, 0.4) is 0 Å². The summed E-state index contributed by atoms with van der Waals surface area (Å²) in [6, 6.07) is 15.8. The molecule has 4 rings (SSSR count). The quantitative estimate of drug-likeness (QED) is 0.177. The number of carbonyl (C=O) groups is 3. The molecular weight excluding hydrogens is 569 g/mol. The molecule has 14 heteroatoms. The molecule has 0 saturated heterocycles. The summed E-state index contributed by atoms with van der Waals surface area (Å²) in [5.41, 5.74) is 12.5. The number of carbonyl (C=O) groups excluding carboxylic acids is 3. The van der Waals surface area contributed by atoms with Crippen LogP contribution in [0.25, 0.3) is 10.9 Å². The first-order chi connectivity index (χ1) is 20.5. The number of pyridine rings is 1. The third kappa shape index (κ3) is 8.36. The van der Waals surface area contributed by atoms with Gasteiger partial charge >= 0.3 is 18.1 Å². The SMILES string of the molecule is NCCC[C@@H](N)C(=O)N[C@H](CCc1ccccc1)c1nc(C(=O)Nc2cnc3ccccc3c2)c(OC(=O)C(F)(F)F)o1. The van der Waals surface area contributed by atoms with Gasteiger partial charge in [-0.2, -0.15) is 13.2 Å². The van der Waals surface area contributed by atoms with Gasteiger partial charge in [0, 0.05) is 5.39 Å². The zero-order chi connectivity index (χ0) is 31.0. The number of fused-ring (bicyclic) bond motifs is 1. The number of ether oxygens (including phenoxy) is 1. The van der Waals surface area contributed by atoms with Crippen LogP contribution in [0.1, 0.15) is 47.2 Å². The Bertz CT molecular complexity index is 1580. The number of halogens is 3. The Morgan fingerprint density at radius 1 is 1.02 bits per heavy atom. The number of benzene rings is 2. The number of amides is 2. The summed E-state index contributed by atoms with van der Waals surface area (Å²) in [4.78, 5) is 46.1. The molecule has 2 heterocycles. The molecule has 226 valence electrons. The van der Waals surface area contributed by atoms with Crippen molar-refractivity contribution in [2.24, 2.45) is 11.5 Å². The highest BCUT2D eigenvalue weighted by atomic mass is 19.4. The number of hydrogen-bond acceptors (Lipinski definition) is 9. The van der Waals surface area contributed by atoms with Gasteiger partial charge in [0.15, 0.2) is 0 Å². The Labute approximate surface area is 243 Å². The Kier molecular flexibility index (Phi) is 10.1. The third-order valence-corrected chi connectivity index (χ3v) is 6.33. The predicted octanol–water partition coefficient (Wildman–Crippen LogP) is 3.80. The standard InChI is InChI=1S/C29H29F3N6O5/c30-29(31,32)28(41)43-27-23(25(40)36-19-15-18-9-4-5-11-21(18)35-16-19)38-26(42-27)22(13-12-17-7-2-1-3-8-17)37-24(39)20(34)10-6-14-33/h1-5,7-9,11,15-16,20,22H,6,10,12-14,33-34H2,(H,36,40)(H,37,39)/t20-,22-/m1/s1. The van der Waals surface area contributed by atoms with Gasteiger partial charge in [0.05, 0.1) is 23.4 Å². The molecule has 0 aliphatic rings. The highest BCUT2D eigenvalue weighted by Gasteiger charge is 2.43. The van der Waals surface area contributed by atoms with E-state index in [1.807, 2.05) is 30.3 Å². The molecule has 4 aromatic rings. The fraction of sp³-hybridized carbons (Fsp3) is 0.276. The maximum atomic E-state index is 13.2. The monoisotopic (exact) mass is 598 g/mol. The Balaban J connectivity index is 1.66. The highest BCUT2D eigenvalue weighted by Crippen LogP contribution is 2.30. The van der Waals surface area contributed by atoms with Crippen LogP contribution in [0.2, 0.25) is 0 Å². The van der Waals surface area contributed by atoms with E-state index in [1.165, 1.54) is 6.20 Å². The second kappa shape index (κ2) is 13.9. The van der Waals surface area contributed by atoms with Crippen LogP contribution >= 0.6 is 0 Å². The summed E-state index contributed by atoms with van der Waals surface area (Å²) >= 11 is 0. The van der Waals surface area contributed by atoms with E-state index in [2.05, 4.69) is 25.3 Å². The first kappa shape index (κ1) is 31.1. The van der Waals surface area contributed by atoms with Gasteiger partial charge < -0.3 is 31.3 Å². The van der Waals surface area contributed by atoms with Gasteiger partial charge in [0.1, 0.15) is 6.04 Å². The number of hydrogen-bond donors (Lipinski definition) is 4. The molecule has 0 bridgehead atoms. The van der Waals surface area contributed by atoms with E-state index in [1.54, 1.807) is 30.3 Å². The van der Waals surface area contributed by atoms with Crippen molar-refractivity contribution in [3.8, 4) is 5.95 Å². The normalized spacial score (nSPS) is 12.9. The molecule has 2 atom stereocenters. The van der Waals surface area contributed by atoms with Crippen molar-refractivity contribution in [2.75, 3.05) is 11.9 Å². The van der Waals surface area contributed by atoms with Gasteiger partial charge in [0.2, 0.25) is 17.5 Å². The number of rotatable bonds is 12. The van der Waals surface area contributed by atoms with E-state index in [-0.39, 0.29) is 24.4 Å². The Morgan fingerprint density at radius 3 is 2.47 bits per heavy atom. The van der Waals surface area contributed by atoms with Gasteiger partial charge in [-0.05, 0) is 49.9 Å². The summed E-state index contributed by atoms with van der Waals surface area (Å²) in [5, 5.41) is 5.84. The lowest BCUT2D eigenvalue weighted by molar-refractivity contribution is -0.191. The number of esters is 1. The van der Waals surface area contributed by atoms with Crippen molar-refractivity contribution in [3.63, 3.8) is 0 Å². The zero-order valence-electron chi connectivity index (χ0n) is 22.8. The van der Waals surface area contributed by atoms with Gasteiger partial charge in [-0.15, -0.1) is 0 Å². The summed E-state index contributed by atoms with van der Waals surface area (Å²) in [6.07, 6.45) is -2.75. The molecule has 0 aliphatic heterocycles. The lowest BCUT2D eigenvalue weighted by atomic mass is 10.0. The minimum absolute atomic E-state index is 0.155. The molecule has 43 heavy (non-hydrogen) atoms. The van der Waals surface area contributed by atoms with E-state index >= 15 is 0 Å². The number of nitrogens with two attached hydrogens (primary N) is 2. The first-order valence-corrected chi connectivity index (χ1v) is 13.3. The molecule has 2 aromatic heterocycles. The summed E-state index contributed by atoms with van der Waals surface area (Å²) < 4.78 is 49.1. The average Bonchev–Trinajstić information content (AvgIpc) is 3.41. The number of nitrogens with one attached hydrogen (secondary N) is 2. The number of para-hydroxylation sites is 1. The summed E-state index contributed by atoms with van der Waals surface area (Å²) in [6.45, 7) is 0.317.